The second-order valence-corrected chi connectivity index (χ2v) is 16.9. The van der Waals surface area contributed by atoms with E-state index in [2.05, 4.69) is 20.5 Å². The van der Waals surface area contributed by atoms with Gasteiger partial charge in [0.1, 0.15) is 5.75 Å². The summed E-state index contributed by atoms with van der Waals surface area (Å²) in [4.78, 5) is 32.9. The van der Waals surface area contributed by atoms with E-state index >= 15 is 0 Å². The van der Waals surface area contributed by atoms with Gasteiger partial charge in [0.2, 0.25) is 15.9 Å². The van der Waals surface area contributed by atoms with Crippen molar-refractivity contribution >= 4 is 48.5 Å². The van der Waals surface area contributed by atoms with Crippen molar-refractivity contribution in [3.63, 3.8) is 0 Å². The van der Waals surface area contributed by atoms with Crippen LogP contribution >= 0.6 is 11.3 Å². The van der Waals surface area contributed by atoms with Crippen LogP contribution in [-0.4, -0.2) is 91.5 Å². The number of fused-ring (bicyclic) bond motifs is 1. The van der Waals surface area contributed by atoms with Crippen LogP contribution in [0, 0.1) is 25.7 Å². The summed E-state index contributed by atoms with van der Waals surface area (Å²) in [5.74, 6) is -0.0494. The Morgan fingerprint density at radius 1 is 1.06 bits per heavy atom. The summed E-state index contributed by atoms with van der Waals surface area (Å²) in [6.45, 7) is 8.95. The predicted molar refractivity (Wildman–Crippen MR) is 202 cm³/mol. The van der Waals surface area contributed by atoms with Gasteiger partial charge < -0.3 is 25.4 Å². The number of aryl methyl sites for hydroxylation is 2. The number of aromatic nitrogens is 1. The lowest BCUT2D eigenvalue weighted by Gasteiger charge is -2.30. The van der Waals surface area contributed by atoms with Crippen LogP contribution in [-0.2, 0) is 26.0 Å². The number of amides is 2. The number of hydrogen-bond acceptors (Lipinski definition) is 9. The number of anilines is 1. The van der Waals surface area contributed by atoms with E-state index in [-0.39, 0.29) is 48.8 Å². The molecule has 3 N–H and O–H groups in total. The highest BCUT2D eigenvalue weighted by molar-refractivity contribution is 7.89. The molecule has 3 aromatic carbocycles. The van der Waals surface area contributed by atoms with E-state index in [1.807, 2.05) is 83.3 Å². The van der Waals surface area contributed by atoms with Crippen molar-refractivity contribution in [2.24, 2.45) is 11.8 Å². The van der Waals surface area contributed by atoms with E-state index in [0.29, 0.717) is 27.6 Å². The molecule has 2 heterocycles. The maximum Gasteiger partial charge on any atom is 0.258 e. The Morgan fingerprint density at radius 3 is 2.47 bits per heavy atom. The molecule has 0 radical (unpaired) electrons. The molecule has 5 rings (SSSR count). The highest BCUT2D eigenvalue weighted by Gasteiger charge is 2.32. The SMILES string of the molecule is Cc1cccc(C)c1OCC(=O)N[C@@H](Cc1ccccc1)[C@H](O)CN(CC(C)C)S(=O)(=O)c1ccc2nc(NC(=O)C3CCCN(C)C3)sc2c1. The van der Waals surface area contributed by atoms with Gasteiger partial charge in [0.05, 0.1) is 33.2 Å². The van der Waals surface area contributed by atoms with Gasteiger partial charge in [-0.3, -0.25) is 9.59 Å². The third-order valence-electron chi connectivity index (χ3n) is 9.05. The molecule has 4 aromatic rings. The first kappa shape index (κ1) is 38.4. The van der Waals surface area contributed by atoms with Gasteiger partial charge in [-0.2, -0.15) is 4.31 Å². The Labute approximate surface area is 305 Å². The summed E-state index contributed by atoms with van der Waals surface area (Å²) in [5, 5.41) is 17.9. The number of ether oxygens (including phenoxy) is 1. The fourth-order valence-electron chi connectivity index (χ4n) is 6.43. The molecule has 0 bridgehead atoms. The molecule has 1 aliphatic rings. The third kappa shape index (κ3) is 10.1. The minimum Gasteiger partial charge on any atom is -0.483 e. The molecule has 0 saturated carbocycles. The number of para-hydroxylation sites is 1. The molecule has 1 unspecified atom stereocenters. The van der Waals surface area contributed by atoms with Crippen molar-refractivity contribution in [2.45, 2.75) is 64.0 Å². The number of likely N-dealkylation sites (tertiary alicyclic amines) is 1. The van der Waals surface area contributed by atoms with Crippen LogP contribution < -0.4 is 15.4 Å². The number of rotatable bonds is 15. The van der Waals surface area contributed by atoms with Gasteiger partial charge in [-0.1, -0.05) is 73.7 Å². The van der Waals surface area contributed by atoms with Gasteiger partial charge in [-0.15, -0.1) is 0 Å². The number of carbonyl (C=O) groups excluding carboxylic acids is 2. The lowest BCUT2D eigenvalue weighted by molar-refractivity contribution is -0.124. The van der Waals surface area contributed by atoms with Gasteiger partial charge in [-0.25, -0.2) is 13.4 Å². The second kappa shape index (κ2) is 17.1. The quantitative estimate of drug-likeness (QED) is 0.155. The molecule has 0 spiro atoms. The van der Waals surface area contributed by atoms with Crippen molar-refractivity contribution in [2.75, 3.05) is 45.2 Å². The minimum atomic E-state index is -4.09. The number of aliphatic hydroxyl groups is 1. The highest BCUT2D eigenvalue weighted by atomic mass is 32.2. The molecular formula is C38H49N5O6S2. The molecule has 1 fully saturated rings. The second-order valence-electron chi connectivity index (χ2n) is 13.9. The minimum absolute atomic E-state index is 0.0485. The average molecular weight is 736 g/mol. The number of thiazole rings is 1. The van der Waals surface area contributed by atoms with E-state index in [9.17, 15) is 23.1 Å². The van der Waals surface area contributed by atoms with Crippen molar-refractivity contribution in [1.82, 2.24) is 19.5 Å². The normalized spacial score (nSPS) is 16.7. The summed E-state index contributed by atoms with van der Waals surface area (Å²) in [6, 6.07) is 19.1. The molecule has 3 atom stereocenters. The number of hydrogen-bond donors (Lipinski definition) is 3. The van der Waals surface area contributed by atoms with E-state index in [1.54, 1.807) is 12.1 Å². The van der Waals surface area contributed by atoms with Crippen LogP contribution in [0.1, 0.15) is 43.4 Å². The van der Waals surface area contributed by atoms with E-state index in [4.69, 9.17) is 4.74 Å². The number of benzene rings is 3. The van der Waals surface area contributed by atoms with Gasteiger partial charge in [0.25, 0.3) is 5.91 Å². The molecule has 2 amide bonds. The molecule has 1 aliphatic heterocycles. The van der Waals surface area contributed by atoms with Crippen LogP contribution in [0.4, 0.5) is 5.13 Å². The first-order valence-electron chi connectivity index (χ1n) is 17.4. The summed E-state index contributed by atoms with van der Waals surface area (Å²) in [5.41, 5.74) is 3.27. The van der Waals surface area contributed by atoms with Crippen LogP contribution in [0.3, 0.4) is 0 Å². The lowest BCUT2D eigenvalue weighted by Crippen LogP contribution is -2.52. The highest BCUT2D eigenvalue weighted by Crippen LogP contribution is 2.31. The fourth-order valence-corrected chi connectivity index (χ4v) is 9.07. The van der Waals surface area contributed by atoms with Crippen molar-refractivity contribution in [1.29, 1.82) is 0 Å². The average Bonchev–Trinajstić information content (AvgIpc) is 3.49. The summed E-state index contributed by atoms with van der Waals surface area (Å²) in [6.07, 6.45) is 0.817. The summed E-state index contributed by atoms with van der Waals surface area (Å²) < 4.78 is 36.2. The van der Waals surface area contributed by atoms with Gasteiger partial charge in [-0.05, 0) is 87.5 Å². The van der Waals surface area contributed by atoms with Gasteiger partial charge in [0, 0.05) is 19.6 Å². The number of nitrogens with zero attached hydrogens (tertiary/aromatic N) is 3. The van der Waals surface area contributed by atoms with Crippen molar-refractivity contribution < 1.29 is 27.9 Å². The largest absolute Gasteiger partial charge is 0.483 e. The van der Waals surface area contributed by atoms with Gasteiger partial charge in [0.15, 0.2) is 11.7 Å². The standard InChI is InChI=1S/C38H49N5O6S2/c1-25(2)21-43(51(47,48)30-16-17-31-34(20-30)50-38(40-31)41-37(46)29-15-10-18-42(5)22-29)23-33(44)32(19-28-13-7-6-8-14-28)39-35(45)24-49-36-26(3)11-9-12-27(36)4/h6-9,11-14,16-17,20,25,29,32-33,44H,10,15,18-19,21-24H2,1-5H3,(H,39,45)(H,40,41,46)/t29?,32-,33+/m0/s1. The lowest BCUT2D eigenvalue weighted by atomic mass is 9.98. The maximum atomic E-state index is 14.2. The fraction of sp³-hybridized carbons (Fsp3) is 0.447. The van der Waals surface area contributed by atoms with E-state index in [0.717, 1.165) is 36.1 Å². The van der Waals surface area contributed by atoms with E-state index in [1.165, 1.54) is 21.7 Å². The van der Waals surface area contributed by atoms with Crippen LogP contribution in [0.2, 0.25) is 0 Å². The van der Waals surface area contributed by atoms with E-state index < -0.39 is 28.1 Å². The third-order valence-corrected chi connectivity index (χ3v) is 11.8. The molecular weight excluding hydrogens is 687 g/mol. The van der Waals surface area contributed by atoms with Crippen molar-refractivity contribution in [3.05, 3.63) is 83.4 Å². The Morgan fingerprint density at radius 2 is 1.78 bits per heavy atom. The molecule has 51 heavy (non-hydrogen) atoms. The number of carbonyl (C=O) groups is 2. The van der Waals surface area contributed by atoms with Crippen molar-refractivity contribution in [3.8, 4) is 5.75 Å². The zero-order valence-electron chi connectivity index (χ0n) is 30.0. The monoisotopic (exact) mass is 735 g/mol. The molecule has 1 saturated heterocycles. The Bertz CT molecular complexity index is 1900. The Balaban J connectivity index is 1.33. The number of sulfonamides is 1. The van der Waals surface area contributed by atoms with Crippen LogP contribution in [0.15, 0.2) is 71.6 Å². The van der Waals surface area contributed by atoms with Gasteiger partial charge >= 0.3 is 0 Å². The topological polar surface area (TPSA) is 141 Å². The molecule has 274 valence electrons. The Kier molecular flexibility index (Phi) is 12.9. The number of nitrogens with one attached hydrogen (secondary N) is 2. The molecule has 13 heteroatoms. The molecule has 11 nitrogen and oxygen atoms in total. The summed E-state index contributed by atoms with van der Waals surface area (Å²) in [7, 11) is -2.08. The predicted octanol–water partition coefficient (Wildman–Crippen LogP) is 5.01. The maximum absolute atomic E-state index is 14.2. The zero-order valence-corrected chi connectivity index (χ0v) is 31.6. The zero-order chi connectivity index (χ0) is 36.7. The van der Waals surface area contributed by atoms with Crippen LogP contribution in [0.25, 0.3) is 10.2 Å². The number of piperidine rings is 1. The number of aliphatic hydroxyl groups excluding tert-OH is 1. The molecule has 1 aromatic heterocycles. The summed E-state index contributed by atoms with van der Waals surface area (Å²) >= 11 is 1.23. The Hall–Kier alpha value is -3.88. The first-order valence-corrected chi connectivity index (χ1v) is 19.7. The van der Waals surface area contributed by atoms with Crippen LogP contribution in [0.5, 0.6) is 5.75 Å². The first-order chi connectivity index (χ1) is 24.3. The smallest absolute Gasteiger partial charge is 0.258 e. The molecule has 0 aliphatic carbocycles.